The number of rotatable bonds is 8. The molecule has 1 N–H and O–H groups in total. The van der Waals surface area contributed by atoms with E-state index in [9.17, 15) is 0 Å². The number of benzene rings is 1. The third-order valence-corrected chi connectivity index (χ3v) is 4.29. The van der Waals surface area contributed by atoms with Gasteiger partial charge < -0.3 is 4.74 Å². The minimum Gasteiger partial charge on any atom is -0.494 e. The first kappa shape index (κ1) is 16.0. The van der Waals surface area contributed by atoms with Crippen LogP contribution < -0.4 is 4.74 Å². The fraction of sp³-hybridized carbons (Fsp3) is 0.556. The number of ether oxygens (including phenoxy) is 1. The number of hydrogen-bond acceptors (Lipinski definition) is 4. The summed E-state index contributed by atoms with van der Waals surface area (Å²) < 4.78 is 5.89. The maximum atomic E-state index is 5.89. The predicted octanol–water partition coefficient (Wildman–Crippen LogP) is 3.19. The van der Waals surface area contributed by atoms with Gasteiger partial charge in [0.2, 0.25) is 0 Å². The van der Waals surface area contributed by atoms with Gasteiger partial charge in [-0.3, -0.25) is 10.00 Å². The van der Waals surface area contributed by atoms with Crippen LogP contribution in [-0.2, 0) is 13.0 Å². The minimum atomic E-state index is 0.751. The summed E-state index contributed by atoms with van der Waals surface area (Å²) in [5.74, 6) is 1.94. The Morgan fingerprint density at radius 1 is 1.13 bits per heavy atom. The Bertz CT molecular complexity index is 564. The summed E-state index contributed by atoms with van der Waals surface area (Å²) >= 11 is 0. The van der Waals surface area contributed by atoms with Gasteiger partial charge in [0.15, 0.2) is 0 Å². The summed E-state index contributed by atoms with van der Waals surface area (Å²) in [4.78, 5) is 6.67. The van der Waals surface area contributed by atoms with Crippen LogP contribution in [0.25, 0.3) is 0 Å². The quantitative estimate of drug-likeness (QED) is 0.760. The largest absolute Gasteiger partial charge is 0.494 e. The normalized spacial score (nSPS) is 15.7. The number of nitrogens with one attached hydrogen (secondary N) is 1. The summed E-state index contributed by atoms with van der Waals surface area (Å²) in [6, 6.07) is 8.54. The van der Waals surface area contributed by atoms with Crippen molar-refractivity contribution in [1.82, 2.24) is 20.1 Å². The first-order chi connectivity index (χ1) is 11.4. The molecule has 0 saturated carbocycles. The number of hydrogen-bond donors (Lipinski definition) is 1. The summed E-state index contributed by atoms with van der Waals surface area (Å²) in [5, 5.41) is 6.74. The molecule has 1 aromatic heterocycles. The molecule has 0 bridgehead atoms. The van der Waals surface area contributed by atoms with Crippen molar-refractivity contribution in [3.63, 3.8) is 0 Å². The molecule has 0 spiro atoms. The van der Waals surface area contributed by atoms with Gasteiger partial charge in [-0.2, -0.15) is 5.10 Å². The Balaban J connectivity index is 1.38. The second-order valence-electron chi connectivity index (χ2n) is 6.22. The van der Waals surface area contributed by atoms with E-state index in [-0.39, 0.29) is 0 Å². The van der Waals surface area contributed by atoms with Gasteiger partial charge >= 0.3 is 0 Å². The lowest BCUT2D eigenvalue weighted by atomic mass is 10.1. The number of H-pyrrole nitrogens is 1. The number of nitrogens with zero attached hydrogens (tertiary/aromatic N) is 3. The second-order valence-corrected chi connectivity index (χ2v) is 6.22. The van der Waals surface area contributed by atoms with E-state index in [0.29, 0.717) is 0 Å². The standard InChI is InChI=1S/C18H26N4O/c1-3-10-22(11-4-1)14-16-7-6-8-17(13-16)23-12-5-2-9-18-19-15-20-21-18/h6-8,13,15H,1-5,9-12,14H2,(H,19,20,21). The topological polar surface area (TPSA) is 54.0 Å². The molecule has 0 atom stereocenters. The van der Waals surface area contributed by atoms with Crippen molar-refractivity contribution >= 4 is 0 Å². The molecule has 0 radical (unpaired) electrons. The Morgan fingerprint density at radius 3 is 2.87 bits per heavy atom. The lowest BCUT2D eigenvalue weighted by Crippen LogP contribution is -2.29. The van der Waals surface area contributed by atoms with Crippen LogP contribution in [0.1, 0.15) is 43.5 Å². The van der Waals surface area contributed by atoms with E-state index in [0.717, 1.165) is 44.0 Å². The SMILES string of the molecule is c1cc(CN2CCCCC2)cc(OCCCCc2ncn[nH]2)c1. The van der Waals surface area contributed by atoms with Gasteiger partial charge in [0.25, 0.3) is 0 Å². The minimum absolute atomic E-state index is 0.751. The van der Waals surface area contributed by atoms with Gasteiger partial charge in [0.1, 0.15) is 17.9 Å². The van der Waals surface area contributed by atoms with Gasteiger partial charge in [-0.15, -0.1) is 0 Å². The third kappa shape index (κ3) is 5.36. The van der Waals surface area contributed by atoms with E-state index in [4.69, 9.17) is 4.74 Å². The molecule has 2 aromatic rings. The fourth-order valence-electron chi connectivity index (χ4n) is 3.05. The van der Waals surface area contributed by atoms with Crippen molar-refractivity contribution in [2.75, 3.05) is 19.7 Å². The number of likely N-dealkylation sites (tertiary alicyclic amines) is 1. The maximum Gasteiger partial charge on any atom is 0.137 e. The molecule has 0 aliphatic carbocycles. The number of aromatic nitrogens is 3. The van der Waals surface area contributed by atoms with Crippen molar-refractivity contribution in [2.24, 2.45) is 0 Å². The van der Waals surface area contributed by atoms with Crippen LogP contribution in [0.4, 0.5) is 0 Å². The molecule has 5 heteroatoms. The van der Waals surface area contributed by atoms with E-state index in [2.05, 4.69) is 44.3 Å². The molecule has 124 valence electrons. The molecule has 1 saturated heterocycles. The average Bonchev–Trinajstić information content (AvgIpc) is 3.09. The lowest BCUT2D eigenvalue weighted by molar-refractivity contribution is 0.220. The fourth-order valence-corrected chi connectivity index (χ4v) is 3.05. The first-order valence-corrected chi connectivity index (χ1v) is 8.68. The van der Waals surface area contributed by atoms with E-state index in [1.165, 1.54) is 37.9 Å². The van der Waals surface area contributed by atoms with Crippen LogP contribution in [0.2, 0.25) is 0 Å². The van der Waals surface area contributed by atoms with E-state index >= 15 is 0 Å². The third-order valence-electron chi connectivity index (χ3n) is 4.29. The Hall–Kier alpha value is -1.88. The molecule has 1 aliphatic rings. The molecular weight excluding hydrogens is 288 g/mol. The van der Waals surface area contributed by atoms with Crippen LogP contribution >= 0.6 is 0 Å². The van der Waals surface area contributed by atoms with Gasteiger partial charge in [-0.1, -0.05) is 18.6 Å². The smallest absolute Gasteiger partial charge is 0.137 e. The summed E-state index contributed by atoms with van der Waals surface area (Å²) in [5.41, 5.74) is 1.35. The molecule has 1 aliphatic heterocycles. The zero-order valence-electron chi connectivity index (χ0n) is 13.7. The molecule has 23 heavy (non-hydrogen) atoms. The zero-order valence-corrected chi connectivity index (χ0v) is 13.7. The molecule has 1 aromatic carbocycles. The molecule has 3 rings (SSSR count). The van der Waals surface area contributed by atoms with Crippen LogP contribution in [0, 0.1) is 0 Å². The van der Waals surface area contributed by atoms with Crippen molar-refractivity contribution in [1.29, 1.82) is 0 Å². The summed E-state index contributed by atoms with van der Waals surface area (Å²) in [7, 11) is 0. The van der Waals surface area contributed by atoms with Crippen molar-refractivity contribution in [3.05, 3.63) is 42.0 Å². The molecule has 0 unspecified atom stereocenters. The van der Waals surface area contributed by atoms with Crippen molar-refractivity contribution < 1.29 is 4.74 Å². The second kappa shape index (κ2) is 8.67. The number of unbranched alkanes of at least 4 members (excludes halogenated alkanes) is 1. The lowest BCUT2D eigenvalue weighted by Gasteiger charge is -2.26. The highest BCUT2D eigenvalue weighted by Crippen LogP contribution is 2.18. The predicted molar refractivity (Wildman–Crippen MR) is 90.4 cm³/mol. The van der Waals surface area contributed by atoms with Gasteiger partial charge in [-0.25, -0.2) is 4.98 Å². The number of aromatic amines is 1. The summed E-state index contributed by atoms with van der Waals surface area (Å²) in [6.07, 6.45) is 8.62. The van der Waals surface area contributed by atoms with Gasteiger partial charge in [0, 0.05) is 13.0 Å². The summed E-state index contributed by atoms with van der Waals surface area (Å²) in [6.45, 7) is 4.25. The number of piperidine rings is 1. The van der Waals surface area contributed by atoms with Gasteiger partial charge in [0.05, 0.1) is 6.61 Å². The monoisotopic (exact) mass is 314 g/mol. The highest BCUT2D eigenvalue weighted by atomic mass is 16.5. The number of aryl methyl sites for hydroxylation is 1. The van der Waals surface area contributed by atoms with Crippen molar-refractivity contribution in [2.45, 2.75) is 45.1 Å². The molecule has 5 nitrogen and oxygen atoms in total. The van der Waals surface area contributed by atoms with Crippen LogP contribution in [-0.4, -0.2) is 39.8 Å². The zero-order chi connectivity index (χ0) is 15.7. The molecule has 1 fully saturated rings. The highest BCUT2D eigenvalue weighted by Gasteiger charge is 2.10. The Kier molecular flexibility index (Phi) is 6.03. The van der Waals surface area contributed by atoms with Gasteiger partial charge in [-0.05, 0) is 56.5 Å². The van der Waals surface area contributed by atoms with E-state index in [1.807, 2.05) is 0 Å². The van der Waals surface area contributed by atoms with Crippen LogP contribution in [0.3, 0.4) is 0 Å². The molecular formula is C18H26N4O. The average molecular weight is 314 g/mol. The van der Waals surface area contributed by atoms with Crippen molar-refractivity contribution in [3.8, 4) is 5.75 Å². The van der Waals surface area contributed by atoms with E-state index < -0.39 is 0 Å². The Morgan fingerprint density at radius 2 is 2.04 bits per heavy atom. The molecule has 2 heterocycles. The van der Waals surface area contributed by atoms with Crippen LogP contribution in [0.15, 0.2) is 30.6 Å². The maximum absolute atomic E-state index is 5.89. The van der Waals surface area contributed by atoms with E-state index in [1.54, 1.807) is 6.33 Å². The Labute approximate surface area is 138 Å². The van der Waals surface area contributed by atoms with Crippen LogP contribution in [0.5, 0.6) is 5.75 Å². The molecule has 0 amide bonds. The highest BCUT2D eigenvalue weighted by molar-refractivity contribution is 5.28. The first-order valence-electron chi connectivity index (χ1n) is 8.68.